The van der Waals surface area contributed by atoms with Crippen molar-refractivity contribution in [2.24, 2.45) is 0 Å². The molecule has 1 N–H and O–H groups in total. The number of ether oxygens (including phenoxy) is 1. The third-order valence-electron chi connectivity index (χ3n) is 2.72. The van der Waals surface area contributed by atoms with E-state index in [9.17, 15) is 5.11 Å². The van der Waals surface area contributed by atoms with Crippen molar-refractivity contribution < 1.29 is 9.84 Å². The Bertz CT molecular complexity index is 551. The molecule has 1 aliphatic heterocycles. The molecule has 0 aliphatic carbocycles. The standard InChI is InChI=1S/C13H9BrO2/c14-9-5-3-7-11-12(9)13(15)8-4-1-2-6-10(8)16-11/h1-7,13,15H. The number of aliphatic hydroxyl groups excluding tert-OH is 1. The Hall–Kier alpha value is -1.32. The number of fused-ring (bicyclic) bond motifs is 2. The van der Waals surface area contributed by atoms with Crippen LogP contribution >= 0.6 is 15.9 Å². The molecule has 0 saturated carbocycles. The Morgan fingerprint density at radius 2 is 1.75 bits per heavy atom. The van der Waals surface area contributed by atoms with Crippen molar-refractivity contribution >= 4 is 15.9 Å². The highest BCUT2D eigenvalue weighted by Crippen LogP contribution is 2.45. The topological polar surface area (TPSA) is 29.5 Å². The second-order valence-electron chi connectivity index (χ2n) is 3.69. The fourth-order valence-electron chi connectivity index (χ4n) is 1.94. The number of rotatable bonds is 0. The smallest absolute Gasteiger partial charge is 0.134 e. The zero-order valence-electron chi connectivity index (χ0n) is 8.35. The summed E-state index contributed by atoms with van der Waals surface area (Å²) in [5.74, 6) is 1.43. The molecule has 0 spiro atoms. The fourth-order valence-corrected chi connectivity index (χ4v) is 2.51. The van der Waals surface area contributed by atoms with Gasteiger partial charge in [0, 0.05) is 15.6 Å². The normalized spacial score (nSPS) is 17.2. The van der Waals surface area contributed by atoms with E-state index in [-0.39, 0.29) is 0 Å². The molecular formula is C13H9BrO2. The summed E-state index contributed by atoms with van der Waals surface area (Å²) in [4.78, 5) is 0. The lowest BCUT2D eigenvalue weighted by molar-refractivity contribution is 0.202. The van der Waals surface area contributed by atoms with Gasteiger partial charge in [0.1, 0.15) is 17.6 Å². The van der Waals surface area contributed by atoms with Gasteiger partial charge in [0.05, 0.1) is 0 Å². The Balaban J connectivity index is 2.23. The van der Waals surface area contributed by atoms with E-state index < -0.39 is 6.10 Å². The molecule has 1 aliphatic rings. The minimum absolute atomic E-state index is 0.629. The zero-order chi connectivity index (χ0) is 11.1. The number of para-hydroxylation sites is 1. The highest BCUT2D eigenvalue weighted by atomic mass is 79.9. The molecular weight excluding hydrogens is 268 g/mol. The molecule has 3 rings (SSSR count). The van der Waals surface area contributed by atoms with Gasteiger partial charge in [-0.05, 0) is 18.2 Å². The molecule has 1 unspecified atom stereocenters. The summed E-state index contributed by atoms with van der Waals surface area (Å²) in [6.07, 6.45) is -0.629. The molecule has 0 aromatic heterocycles. The molecule has 1 atom stereocenters. The first-order chi connectivity index (χ1) is 7.77. The van der Waals surface area contributed by atoms with Gasteiger partial charge in [-0.2, -0.15) is 0 Å². The van der Waals surface area contributed by atoms with Crippen molar-refractivity contribution in [2.75, 3.05) is 0 Å². The van der Waals surface area contributed by atoms with Crippen LogP contribution in [0.25, 0.3) is 0 Å². The average Bonchev–Trinajstić information content (AvgIpc) is 2.29. The Kier molecular flexibility index (Phi) is 2.23. The maximum absolute atomic E-state index is 10.3. The Labute approximate surface area is 102 Å². The SMILES string of the molecule is OC1c2ccccc2Oc2cccc(Br)c21. The maximum Gasteiger partial charge on any atom is 0.134 e. The number of hydrogen-bond donors (Lipinski definition) is 1. The van der Waals surface area contributed by atoms with Gasteiger partial charge in [-0.1, -0.05) is 40.2 Å². The molecule has 0 amide bonds. The van der Waals surface area contributed by atoms with Crippen molar-refractivity contribution in [1.29, 1.82) is 0 Å². The first-order valence-electron chi connectivity index (χ1n) is 5.00. The van der Waals surface area contributed by atoms with Crippen LogP contribution in [0.2, 0.25) is 0 Å². The van der Waals surface area contributed by atoms with Crippen molar-refractivity contribution in [3.63, 3.8) is 0 Å². The molecule has 0 saturated heterocycles. The quantitative estimate of drug-likeness (QED) is 0.796. The van der Waals surface area contributed by atoms with E-state index in [1.165, 1.54) is 0 Å². The van der Waals surface area contributed by atoms with Crippen LogP contribution in [0.15, 0.2) is 46.9 Å². The van der Waals surface area contributed by atoms with Crippen LogP contribution in [0.4, 0.5) is 0 Å². The first-order valence-corrected chi connectivity index (χ1v) is 5.80. The summed E-state index contributed by atoms with van der Waals surface area (Å²) in [6.45, 7) is 0. The molecule has 3 heteroatoms. The van der Waals surface area contributed by atoms with Gasteiger partial charge in [-0.15, -0.1) is 0 Å². The van der Waals surface area contributed by atoms with Gasteiger partial charge in [-0.3, -0.25) is 0 Å². The lowest BCUT2D eigenvalue weighted by atomic mass is 9.97. The summed E-state index contributed by atoms with van der Waals surface area (Å²) in [7, 11) is 0. The van der Waals surface area contributed by atoms with Crippen molar-refractivity contribution in [3.05, 3.63) is 58.1 Å². The van der Waals surface area contributed by atoms with E-state index in [2.05, 4.69) is 15.9 Å². The number of halogens is 1. The fraction of sp³-hybridized carbons (Fsp3) is 0.0769. The highest BCUT2D eigenvalue weighted by molar-refractivity contribution is 9.10. The van der Waals surface area contributed by atoms with E-state index in [0.717, 1.165) is 21.3 Å². The molecule has 80 valence electrons. The first kappa shape index (κ1) is 9.87. The molecule has 16 heavy (non-hydrogen) atoms. The average molecular weight is 277 g/mol. The van der Waals surface area contributed by atoms with Gasteiger partial charge < -0.3 is 9.84 Å². The summed E-state index contributed by atoms with van der Waals surface area (Å²) in [5, 5.41) is 10.3. The van der Waals surface area contributed by atoms with Gasteiger partial charge in [0.2, 0.25) is 0 Å². The molecule has 2 aromatic rings. The second-order valence-corrected chi connectivity index (χ2v) is 4.55. The van der Waals surface area contributed by atoms with Crippen LogP contribution < -0.4 is 4.74 Å². The third kappa shape index (κ3) is 1.36. The van der Waals surface area contributed by atoms with Crippen molar-refractivity contribution in [1.82, 2.24) is 0 Å². The van der Waals surface area contributed by atoms with Crippen LogP contribution in [0.5, 0.6) is 11.5 Å². The summed E-state index contributed by atoms with van der Waals surface area (Å²) >= 11 is 3.43. The molecule has 0 fully saturated rings. The number of hydrogen-bond acceptors (Lipinski definition) is 2. The maximum atomic E-state index is 10.3. The highest BCUT2D eigenvalue weighted by Gasteiger charge is 2.26. The van der Waals surface area contributed by atoms with E-state index in [1.54, 1.807) is 0 Å². The van der Waals surface area contributed by atoms with Crippen LogP contribution in [-0.2, 0) is 0 Å². The molecule has 2 nitrogen and oxygen atoms in total. The molecule has 2 aromatic carbocycles. The van der Waals surface area contributed by atoms with Crippen LogP contribution in [0.1, 0.15) is 17.2 Å². The third-order valence-corrected chi connectivity index (χ3v) is 3.41. The molecule has 0 radical (unpaired) electrons. The van der Waals surface area contributed by atoms with E-state index >= 15 is 0 Å². The van der Waals surface area contributed by atoms with Crippen LogP contribution in [0, 0.1) is 0 Å². The lowest BCUT2D eigenvalue weighted by Gasteiger charge is -2.25. The molecule has 0 bridgehead atoms. The zero-order valence-corrected chi connectivity index (χ0v) is 9.94. The predicted molar refractivity (Wildman–Crippen MR) is 64.7 cm³/mol. The van der Waals surface area contributed by atoms with Crippen LogP contribution in [-0.4, -0.2) is 5.11 Å². The van der Waals surface area contributed by atoms with Crippen LogP contribution in [0.3, 0.4) is 0 Å². The van der Waals surface area contributed by atoms with Crippen molar-refractivity contribution in [2.45, 2.75) is 6.10 Å². The summed E-state index contributed by atoms with van der Waals surface area (Å²) < 4.78 is 6.61. The minimum atomic E-state index is -0.629. The van der Waals surface area contributed by atoms with E-state index in [0.29, 0.717) is 5.75 Å². The largest absolute Gasteiger partial charge is 0.457 e. The van der Waals surface area contributed by atoms with Gasteiger partial charge in [0.25, 0.3) is 0 Å². The Morgan fingerprint density at radius 1 is 1.00 bits per heavy atom. The summed E-state index contributed by atoms with van der Waals surface area (Å²) in [6, 6.07) is 13.2. The van der Waals surface area contributed by atoms with Crippen molar-refractivity contribution in [3.8, 4) is 11.5 Å². The van der Waals surface area contributed by atoms with Gasteiger partial charge in [0.15, 0.2) is 0 Å². The van der Waals surface area contributed by atoms with Gasteiger partial charge in [-0.25, -0.2) is 0 Å². The Morgan fingerprint density at radius 3 is 2.62 bits per heavy atom. The number of aliphatic hydroxyl groups is 1. The summed E-state index contributed by atoms with van der Waals surface area (Å²) in [5.41, 5.74) is 1.60. The number of benzene rings is 2. The minimum Gasteiger partial charge on any atom is -0.457 e. The van der Waals surface area contributed by atoms with E-state index in [1.807, 2.05) is 42.5 Å². The second kappa shape index (κ2) is 3.61. The van der Waals surface area contributed by atoms with Gasteiger partial charge >= 0.3 is 0 Å². The molecule has 1 heterocycles. The monoisotopic (exact) mass is 276 g/mol. The lowest BCUT2D eigenvalue weighted by Crippen LogP contribution is -2.09. The predicted octanol–water partition coefficient (Wildman–Crippen LogP) is 3.64. The van der Waals surface area contributed by atoms with E-state index in [4.69, 9.17) is 4.74 Å².